The molecule has 1 aromatic carbocycles. The summed E-state index contributed by atoms with van der Waals surface area (Å²) in [6.07, 6.45) is 9.89. The van der Waals surface area contributed by atoms with Crippen molar-refractivity contribution in [1.29, 1.82) is 0 Å². The molecular formula is C27H32N6O2. The molecule has 3 aliphatic rings. The molecule has 2 aliphatic heterocycles. The lowest BCUT2D eigenvalue weighted by atomic mass is 10.0. The normalized spacial score (nSPS) is 19.6. The number of anilines is 1. The first-order valence-electron chi connectivity index (χ1n) is 12.9. The number of benzene rings is 1. The van der Waals surface area contributed by atoms with Gasteiger partial charge in [0, 0.05) is 56.1 Å². The van der Waals surface area contributed by atoms with Gasteiger partial charge in [0.05, 0.1) is 0 Å². The van der Waals surface area contributed by atoms with E-state index in [4.69, 9.17) is 4.98 Å². The fourth-order valence-corrected chi connectivity index (χ4v) is 6.01. The number of nitrogens with one attached hydrogen (secondary N) is 1. The third-order valence-electron chi connectivity index (χ3n) is 7.85. The van der Waals surface area contributed by atoms with Gasteiger partial charge < -0.3 is 14.8 Å². The smallest absolute Gasteiger partial charge is 0.321 e. The van der Waals surface area contributed by atoms with Gasteiger partial charge in [-0.05, 0) is 49.1 Å². The summed E-state index contributed by atoms with van der Waals surface area (Å²) < 4.78 is 2.38. The lowest BCUT2D eigenvalue weighted by Crippen LogP contribution is -2.39. The fraction of sp³-hybridized carbons (Fsp3) is 0.481. The van der Waals surface area contributed by atoms with Crippen molar-refractivity contribution in [3.8, 4) is 0 Å². The maximum absolute atomic E-state index is 13.3. The Kier molecular flexibility index (Phi) is 5.88. The van der Waals surface area contributed by atoms with Crippen molar-refractivity contribution >= 4 is 28.8 Å². The van der Waals surface area contributed by atoms with Gasteiger partial charge in [-0.3, -0.25) is 9.69 Å². The number of hydrogen-bond acceptors (Lipinski definition) is 4. The number of carbonyl (C=O) groups is 2. The Morgan fingerprint density at radius 1 is 1.03 bits per heavy atom. The van der Waals surface area contributed by atoms with Gasteiger partial charge in [0.15, 0.2) is 5.65 Å². The topological polar surface area (TPSA) is 83.4 Å². The van der Waals surface area contributed by atoms with Gasteiger partial charge in [-0.15, -0.1) is 0 Å². The highest BCUT2D eigenvalue weighted by Gasteiger charge is 2.29. The predicted molar refractivity (Wildman–Crippen MR) is 135 cm³/mol. The van der Waals surface area contributed by atoms with Gasteiger partial charge in [0.1, 0.15) is 11.3 Å². The highest BCUT2D eigenvalue weighted by Crippen LogP contribution is 2.33. The number of amides is 3. The number of pyridine rings is 1. The van der Waals surface area contributed by atoms with Gasteiger partial charge in [0.25, 0.3) is 5.91 Å². The zero-order valence-electron chi connectivity index (χ0n) is 20.0. The number of likely N-dealkylation sites (tertiary alicyclic amines) is 1. The highest BCUT2D eigenvalue weighted by molar-refractivity contribution is 5.98. The predicted octanol–water partition coefficient (Wildman–Crippen LogP) is 4.17. The van der Waals surface area contributed by atoms with Gasteiger partial charge in [0.2, 0.25) is 0 Å². The first-order chi connectivity index (χ1) is 17.2. The summed E-state index contributed by atoms with van der Waals surface area (Å²) in [6.45, 7) is 2.66. The monoisotopic (exact) mass is 472 g/mol. The lowest BCUT2D eigenvalue weighted by Gasteiger charge is -2.33. The van der Waals surface area contributed by atoms with Crippen molar-refractivity contribution in [1.82, 2.24) is 24.8 Å². The molecule has 4 heterocycles. The first-order valence-corrected chi connectivity index (χ1v) is 12.9. The van der Waals surface area contributed by atoms with Crippen molar-refractivity contribution < 1.29 is 9.59 Å². The lowest BCUT2D eigenvalue weighted by molar-refractivity contribution is 0.0694. The molecule has 6 rings (SSSR count). The van der Waals surface area contributed by atoms with Gasteiger partial charge in [-0.1, -0.05) is 31.7 Å². The molecule has 2 aromatic heterocycles. The minimum absolute atomic E-state index is 0.0321. The summed E-state index contributed by atoms with van der Waals surface area (Å²) in [4.78, 5) is 38.7. The van der Waals surface area contributed by atoms with E-state index in [1.165, 1.54) is 25.7 Å². The van der Waals surface area contributed by atoms with E-state index in [-0.39, 0.29) is 11.9 Å². The molecule has 35 heavy (non-hydrogen) atoms. The molecule has 8 heteroatoms. The number of carbonyl (C=O) groups excluding carboxylic acids is 2. The molecule has 8 nitrogen and oxygen atoms in total. The SMILES string of the molecule is O=C(c1cccc(N2CCNC2=O)c1)N1CCC(n2c(CC3CCCC3)nc3cccnc32)CC1. The van der Waals surface area contributed by atoms with Crippen molar-refractivity contribution in [2.24, 2.45) is 5.92 Å². The minimum Gasteiger partial charge on any atom is -0.338 e. The standard InChI is InChI=1S/C27H32N6O2/c34-26(20-7-3-8-22(18-20)32-16-13-29-27(32)35)31-14-10-21(11-15-31)33-24(17-19-5-1-2-6-19)30-23-9-4-12-28-25(23)33/h3-4,7-9,12,18-19,21H,1-2,5-6,10-11,13-17H2,(H,29,35). The fourth-order valence-electron chi connectivity index (χ4n) is 6.01. The molecular weight excluding hydrogens is 440 g/mol. The van der Waals surface area contributed by atoms with Crippen molar-refractivity contribution in [3.05, 3.63) is 54.0 Å². The van der Waals surface area contributed by atoms with Crippen LogP contribution in [0.5, 0.6) is 0 Å². The summed E-state index contributed by atoms with van der Waals surface area (Å²) in [5, 5.41) is 2.82. The van der Waals surface area contributed by atoms with E-state index < -0.39 is 0 Å². The molecule has 0 bridgehead atoms. The second-order valence-electron chi connectivity index (χ2n) is 10.1. The second kappa shape index (κ2) is 9.32. The summed E-state index contributed by atoms with van der Waals surface area (Å²) in [5.41, 5.74) is 3.36. The van der Waals surface area contributed by atoms with Crippen LogP contribution in [0.15, 0.2) is 42.6 Å². The molecule has 0 spiro atoms. The van der Waals surface area contributed by atoms with Crippen LogP contribution in [0.4, 0.5) is 10.5 Å². The van der Waals surface area contributed by atoms with E-state index in [1.807, 2.05) is 41.4 Å². The van der Waals surface area contributed by atoms with Crippen LogP contribution in [0.25, 0.3) is 11.2 Å². The number of aromatic nitrogens is 3. The molecule has 3 fully saturated rings. The minimum atomic E-state index is -0.106. The van der Waals surface area contributed by atoms with Gasteiger partial charge in [-0.25, -0.2) is 14.8 Å². The summed E-state index contributed by atoms with van der Waals surface area (Å²) in [5.74, 6) is 1.91. The first kappa shape index (κ1) is 22.1. The van der Waals surface area contributed by atoms with E-state index in [9.17, 15) is 9.59 Å². The van der Waals surface area contributed by atoms with E-state index >= 15 is 0 Å². The maximum Gasteiger partial charge on any atom is 0.321 e. The summed E-state index contributed by atoms with van der Waals surface area (Å²) >= 11 is 0. The van der Waals surface area contributed by atoms with Crippen LogP contribution in [0, 0.1) is 5.92 Å². The van der Waals surface area contributed by atoms with E-state index in [0.29, 0.717) is 37.8 Å². The molecule has 1 saturated carbocycles. The number of rotatable bonds is 5. The van der Waals surface area contributed by atoms with Crippen LogP contribution >= 0.6 is 0 Å². The van der Waals surface area contributed by atoms with Crippen LogP contribution in [-0.2, 0) is 6.42 Å². The second-order valence-corrected chi connectivity index (χ2v) is 10.1. The van der Waals surface area contributed by atoms with E-state index in [1.54, 1.807) is 4.90 Å². The molecule has 0 atom stereocenters. The molecule has 3 amide bonds. The third-order valence-corrected chi connectivity index (χ3v) is 7.85. The summed E-state index contributed by atoms with van der Waals surface area (Å²) in [6, 6.07) is 11.6. The third kappa shape index (κ3) is 4.26. The molecule has 0 unspecified atom stereocenters. The molecule has 182 valence electrons. The van der Waals surface area contributed by atoms with Crippen LogP contribution in [0.1, 0.15) is 60.7 Å². The zero-order chi connectivity index (χ0) is 23.8. The Labute approximate surface area is 205 Å². The Morgan fingerprint density at radius 3 is 2.63 bits per heavy atom. The number of fused-ring (bicyclic) bond motifs is 1. The Balaban J connectivity index is 1.18. The zero-order valence-corrected chi connectivity index (χ0v) is 20.0. The maximum atomic E-state index is 13.3. The van der Waals surface area contributed by atoms with Crippen LogP contribution in [0.3, 0.4) is 0 Å². The van der Waals surface area contributed by atoms with Crippen molar-refractivity contribution in [2.45, 2.75) is 51.0 Å². The average molecular weight is 473 g/mol. The quantitative estimate of drug-likeness (QED) is 0.604. The Morgan fingerprint density at radius 2 is 1.86 bits per heavy atom. The van der Waals surface area contributed by atoms with Crippen LogP contribution < -0.4 is 10.2 Å². The van der Waals surface area contributed by atoms with Crippen molar-refractivity contribution in [2.75, 3.05) is 31.1 Å². The van der Waals surface area contributed by atoms with Crippen molar-refractivity contribution in [3.63, 3.8) is 0 Å². The van der Waals surface area contributed by atoms with Gasteiger partial charge in [-0.2, -0.15) is 0 Å². The van der Waals surface area contributed by atoms with Crippen LogP contribution in [-0.4, -0.2) is 57.6 Å². The van der Waals surface area contributed by atoms with Gasteiger partial charge >= 0.3 is 6.03 Å². The Bertz CT molecular complexity index is 1240. The average Bonchev–Trinajstić information content (AvgIpc) is 3.64. The number of imidazole rings is 1. The molecule has 2 saturated heterocycles. The van der Waals surface area contributed by atoms with E-state index in [2.05, 4.69) is 20.9 Å². The number of piperidine rings is 1. The molecule has 3 aromatic rings. The molecule has 0 radical (unpaired) electrons. The molecule has 1 aliphatic carbocycles. The van der Waals surface area contributed by atoms with E-state index in [0.717, 1.165) is 47.9 Å². The highest BCUT2D eigenvalue weighted by atomic mass is 16.2. The number of hydrogen-bond donors (Lipinski definition) is 1. The molecule has 1 N–H and O–H groups in total. The summed E-state index contributed by atoms with van der Waals surface area (Å²) in [7, 11) is 0. The Hall–Kier alpha value is -3.42. The number of urea groups is 1. The van der Waals surface area contributed by atoms with Crippen LogP contribution in [0.2, 0.25) is 0 Å². The number of nitrogens with zero attached hydrogens (tertiary/aromatic N) is 5. The largest absolute Gasteiger partial charge is 0.338 e.